The topological polar surface area (TPSA) is 62.3 Å². The Labute approximate surface area is 139 Å². The summed E-state index contributed by atoms with van der Waals surface area (Å²) < 4.78 is 53.1. The minimum Gasteiger partial charge on any atom is -0.357 e. The van der Waals surface area contributed by atoms with Gasteiger partial charge in [0.15, 0.2) is 0 Å². The van der Waals surface area contributed by atoms with Gasteiger partial charge in [-0.25, -0.2) is 26.9 Å². The lowest BCUT2D eigenvalue weighted by Gasteiger charge is -2.17. The Kier molecular flexibility index (Phi) is 4.77. The molecule has 0 aliphatic carbocycles. The van der Waals surface area contributed by atoms with E-state index >= 15 is 0 Å². The third kappa shape index (κ3) is 3.88. The Hall–Kier alpha value is -2.06. The predicted octanol–water partition coefficient (Wildman–Crippen LogP) is 2.44. The van der Waals surface area contributed by atoms with E-state index in [1.165, 1.54) is 0 Å². The molecule has 1 N–H and O–H groups in total. The van der Waals surface area contributed by atoms with E-state index in [9.17, 15) is 17.2 Å². The van der Waals surface area contributed by atoms with Gasteiger partial charge in [-0.05, 0) is 42.7 Å². The molecule has 8 heteroatoms. The highest BCUT2D eigenvalue weighted by Crippen LogP contribution is 2.19. The maximum Gasteiger partial charge on any atom is 0.241 e. The number of hydrogen-bond donors (Lipinski definition) is 1. The second-order valence-corrected chi connectivity index (χ2v) is 7.41. The van der Waals surface area contributed by atoms with Crippen molar-refractivity contribution in [2.45, 2.75) is 24.3 Å². The first-order valence-corrected chi connectivity index (χ1v) is 9.08. The largest absolute Gasteiger partial charge is 0.357 e. The lowest BCUT2D eigenvalue weighted by atomic mass is 10.2. The quantitative estimate of drug-likeness (QED) is 0.897. The summed E-state index contributed by atoms with van der Waals surface area (Å²) in [4.78, 5) is 6.00. The SMILES string of the molecule is O=S(=O)(NCc1ccnc(N2CCCC2)c1)c1cc(F)cc(F)c1. The van der Waals surface area contributed by atoms with Crippen molar-refractivity contribution >= 4 is 15.8 Å². The average molecular weight is 353 g/mol. The standard InChI is InChI=1S/C16H17F2N3O2S/c17-13-8-14(18)10-15(9-13)24(22,23)20-11-12-3-4-19-16(7-12)21-5-1-2-6-21/h3-4,7-10,20H,1-2,5-6,11H2. The first-order valence-electron chi connectivity index (χ1n) is 7.60. The Morgan fingerprint density at radius 1 is 1.08 bits per heavy atom. The Morgan fingerprint density at radius 2 is 1.75 bits per heavy atom. The number of anilines is 1. The smallest absolute Gasteiger partial charge is 0.241 e. The van der Waals surface area contributed by atoms with Crippen LogP contribution < -0.4 is 9.62 Å². The van der Waals surface area contributed by atoms with E-state index in [1.54, 1.807) is 12.3 Å². The molecule has 2 aromatic rings. The molecule has 0 unspecified atom stereocenters. The van der Waals surface area contributed by atoms with Crippen molar-refractivity contribution in [2.24, 2.45) is 0 Å². The van der Waals surface area contributed by atoms with Gasteiger partial charge in [-0.15, -0.1) is 0 Å². The van der Waals surface area contributed by atoms with Gasteiger partial charge < -0.3 is 4.90 Å². The molecule has 128 valence electrons. The summed E-state index contributed by atoms with van der Waals surface area (Å²) >= 11 is 0. The van der Waals surface area contributed by atoms with Crippen LogP contribution in [-0.2, 0) is 16.6 Å². The molecule has 0 saturated carbocycles. The van der Waals surface area contributed by atoms with Crippen LogP contribution in [0, 0.1) is 11.6 Å². The van der Waals surface area contributed by atoms with Crippen molar-refractivity contribution in [3.05, 3.63) is 53.7 Å². The zero-order valence-electron chi connectivity index (χ0n) is 12.9. The predicted molar refractivity (Wildman–Crippen MR) is 86.1 cm³/mol. The Morgan fingerprint density at radius 3 is 2.42 bits per heavy atom. The zero-order chi connectivity index (χ0) is 17.2. The minimum absolute atomic E-state index is 0.0177. The second kappa shape index (κ2) is 6.82. The van der Waals surface area contributed by atoms with E-state index in [-0.39, 0.29) is 6.54 Å². The van der Waals surface area contributed by atoms with Gasteiger partial charge >= 0.3 is 0 Å². The molecule has 1 fully saturated rings. The number of sulfonamides is 1. The minimum atomic E-state index is -4.00. The molecular weight excluding hydrogens is 336 g/mol. The summed E-state index contributed by atoms with van der Waals surface area (Å²) in [7, 11) is -4.00. The van der Waals surface area contributed by atoms with Crippen molar-refractivity contribution in [3.8, 4) is 0 Å². The van der Waals surface area contributed by atoms with Crippen molar-refractivity contribution in [1.29, 1.82) is 0 Å². The van der Waals surface area contributed by atoms with Gasteiger partial charge in [0.05, 0.1) is 4.90 Å². The molecule has 5 nitrogen and oxygen atoms in total. The van der Waals surface area contributed by atoms with Gasteiger partial charge in [0, 0.05) is 31.9 Å². The molecule has 1 saturated heterocycles. The molecule has 24 heavy (non-hydrogen) atoms. The number of hydrogen-bond acceptors (Lipinski definition) is 4. The molecule has 1 aromatic carbocycles. The molecule has 1 aromatic heterocycles. The van der Waals surface area contributed by atoms with Crippen LogP contribution in [0.4, 0.5) is 14.6 Å². The van der Waals surface area contributed by atoms with Crippen molar-refractivity contribution in [2.75, 3.05) is 18.0 Å². The van der Waals surface area contributed by atoms with E-state index in [0.29, 0.717) is 6.07 Å². The number of nitrogens with zero attached hydrogens (tertiary/aromatic N) is 2. The molecule has 0 radical (unpaired) electrons. The summed E-state index contributed by atoms with van der Waals surface area (Å²) in [5.41, 5.74) is 0.729. The highest BCUT2D eigenvalue weighted by Gasteiger charge is 2.17. The molecule has 0 amide bonds. The summed E-state index contributed by atoms with van der Waals surface area (Å²) in [6.45, 7) is 1.89. The van der Waals surface area contributed by atoms with E-state index in [1.807, 2.05) is 6.07 Å². The van der Waals surface area contributed by atoms with Gasteiger partial charge in [-0.1, -0.05) is 0 Å². The fraction of sp³-hybridized carbons (Fsp3) is 0.312. The summed E-state index contributed by atoms with van der Waals surface area (Å²) in [5, 5.41) is 0. The number of halogens is 2. The fourth-order valence-electron chi connectivity index (χ4n) is 2.64. The van der Waals surface area contributed by atoms with Crippen LogP contribution in [0.1, 0.15) is 18.4 Å². The molecule has 0 bridgehead atoms. The molecule has 1 aliphatic heterocycles. The molecule has 0 atom stereocenters. The lowest BCUT2D eigenvalue weighted by Crippen LogP contribution is -2.24. The summed E-state index contributed by atoms with van der Waals surface area (Å²) in [6, 6.07) is 5.72. The highest BCUT2D eigenvalue weighted by atomic mass is 32.2. The van der Waals surface area contributed by atoms with E-state index in [0.717, 1.165) is 49.4 Å². The van der Waals surface area contributed by atoms with Crippen LogP contribution >= 0.6 is 0 Å². The van der Waals surface area contributed by atoms with Gasteiger partial charge in [0.1, 0.15) is 17.5 Å². The Bertz CT molecular complexity index is 817. The maximum atomic E-state index is 13.2. The second-order valence-electron chi connectivity index (χ2n) is 5.65. The van der Waals surface area contributed by atoms with Crippen LogP contribution in [0.2, 0.25) is 0 Å². The normalized spacial score (nSPS) is 15.0. The van der Waals surface area contributed by atoms with Gasteiger partial charge in [-0.3, -0.25) is 0 Å². The highest BCUT2D eigenvalue weighted by molar-refractivity contribution is 7.89. The fourth-order valence-corrected chi connectivity index (χ4v) is 3.69. The first-order chi connectivity index (χ1) is 11.4. The monoisotopic (exact) mass is 353 g/mol. The molecule has 0 spiro atoms. The number of rotatable bonds is 5. The zero-order valence-corrected chi connectivity index (χ0v) is 13.7. The third-order valence-electron chi connectivity index (χ3n) is 3.85. The molecule has 2 heterocycles. The summed E-state index contributed by atoms with van der Waals surface area (Å²) in [5.74, 6) is -1.06. The van der Waals surface area contributed by atoms with Gasteiger partial charge in [0.2, 0.25) is 10.0 Å². The molecule has 3 rings (SSSR count). The lowest BCUT2D eigenvalue weighted by molar-refractivity contribution is 0.561. The van der Waals surface area contributed by atoms with Crippen molar-refractivity contribution in [1.82, 2.24) is 9.71 Å². The van der Waals surface area contributed by atoms with E-state index in [4.69, 9.17) is 0 Å². The van der Waals surface area contributed by atoms with Crippen LogP contribution in [0.25, 0.3) is 0 Å². The van der Waals surface area contributed by atoms with Crippen LogP contribution in [0.3, 0.4) is 0 Å². The number of nitrogens with one attached hydrogen (secondary N) is 1. The van der Waals surface area contributed by atoms with E-state index < -0.39 is 26.6 Å². The van der Waals surface area contributed by atoms with Gasteiger partial charge in [0.25, 0.3) is 0 Å². The van der Waals surface area contributed by atoms with Crippen molar-refractivity contribution < 1.29 is 17.2 Å². The van der Waals surface area contributed by atoms with E-state index in [2.05, 4.69) is 14.6 Å². The molecule has 1 aliphatic rings. The van der Waals surface area contributed by atoms with Gasteiger partial charge in [-0.2, -0.15) is 0 Å². The number of benzene rings is 1. The number of pyridine rings is 1. The molecular formula is C16H17F2N3O2S. The average Bonchev–Trinajstić information content (AvgIpc) is 3.07. The number of aromatic nitrogens is 1. The van der Waals surface area contributed by atoms with Crippen LogP contribution in [0.5, 0.6) is 0 Å². The van der Waals surface area contributed by atoms with Crippen LogP contribution in [-0.4, -0.2) is 26.5 Å². The Balaban J connectivity index is 1.73. The maximum absolute atomic E-state index is 13.2. The first kappa shape index (κ1) is 16.8. The van der Waals surface area contributed by atoms with Crippen molar-refractivity contribution in [3.63, 3.8) is 0 Å². The summed E-state index contributed by atoms with van der Waals surface area (Å²) in [6.07, 6.45) is 3.85. The third-order valence-corrected chi connectivity index (χ3v) is 5.23. The van der Waals surface area contributed by atoms with Crippen LogP contribution in [0.15, 0.2) is 41.4 Å².